The van der Waals surface area contributed by atoms with Crippen molar-refractivity contribution in [1.29, 1.82) is 0 Å². The molecule has 0 amide bonds. The molecule has 0 radical (unpaired) electrons. The van der Waals surface area contributed by atoms with Crippen LogP contribution in [0.2, 0.25) is 0 Å². The number of hydrogen-bond acceptors (Lipinski definition) is 3. The van der Waals surface area contributed by atoms with Gasteiger partial charge in [-0.25, -0.2) is 9.97 Å². The summed E-state index contributed by atoms with van der Waals surface area (Å²) in [6.07, 6.45) is 5.62. The van der Waals surface area contributed by atoms with Crippen molar-refractivity contribution in [3.05, 3.63) is 47.0 Å². The van der Waals surface area contributed by atoms with Crippen LogP contribution in [-0.2, 0) is 0 Å². The second-order valence-electron chi connectivity index (χ2n) is 4.23. The third-order valence-electron chi connectivity index (χ3n) is 2.78. The Morgan fingerprint density at radius 1 is 1.11 bits per heavy atom. The zero-order valence-corrected chi connectivity index (χ0v) is 11.9. The Bertz CT molecular complexity index is 493. The van der Waals surface area contributed by atoms with Crippen molar-refractivity contribution in [2.75, 3.05) is 0 Å². The predicted octanol–water partition coefficient (Wildman–Crippen LogP) is 3.71. The standard InChI is InChI=1S/C14H16BrN3/c1-2-3-13(16)14-17-8-11(9-18-14)10-4-6-12(15)7-5-10/h4-9,13H,2-3,16H2,1H3. The molecule has 1 heterocycles. The smallest absolute Gasteiger partial charge is 0.144 e. The molecule has 1 unspecified atom stereocenters. The number of aromatic nitrogens is 2. The largest absolute Gasteiger partial charge is 0.321 e. The molecule has 0 aliphatic carbocycles. The van der Waals surface area contributed by atoms with Crippen molar-refractivity contribution in [1.82, 2.24) is 9.97 Å². The molecule has 94 valence electrons. The molecule has 18 heavy (non-hydrogen) atoms. The lowest BCUT2D eigenvalue weighted by Crippen LogP contribution is -2.13. The molecule has 1 atom stereocenters. The number of nitrogens with zero attached hydrogens (tertiary/aromatic N) is 2. The third-order valence-corrected chi connectivity index (χ3v) is 3.31. The van der Waals surface area contributed by atoms with Crippen LogP contribution >= 0.6 is 15.9 Å². The lowest BCUT2D eigenvalue weighted by atomic mass is 10.1. The Balaban J connectivity index is 2.19. The highest BCUT2D eigenvalue weighted by atomic mass is 79.9. The van der Waals surface area contributed by atoms with Crippen LogP contribution in [-0.4, -0.2) is 9.97 Å². The van der Waals surface area contributed by atoms with Crippen LogP contribution in [0.3, 0.4) is 0 Å². The van der Waals surface area contributed by atoms with Gasteiger partial charge in [-0.05, 0) is 24.1 Å². The topological polar surface area (TPSA) is 51.8 Å². The van der Waals surface area contributed by atoms with Crippen LogP contribution in [0.15, 0.2) is 41.1 Å². The second kappa shape index (κ2) is 6.07. The minimum absolute atomic E-state index is 0.0611. The predicted molar refractivity (Wildman–Crippen MR) is 77.0 cm³/mol. The molecule has 0 saturated heterocycles. The second-order valence-corrected chi connectivity index (χ2v) is 5.15. The Morgan fingerprint density at radius 2 is 1.72 bits per heavy atom. The van der Waals surface area contributed by atoms with E-state index in [-0.39, 0.29) is 6.04 Å². The zero-order valence-electron chi connectivity index (χ0n) is 10.3. The normalized spacial score (nSPS) is 12.4. The first kappa shape index (κ1) is 13.2. The van der Waals surface area contributed by atoms with Gasteiger partial charge >= 0.3 is 0 Å². The fourth-order valence-corrected chi connectivity index (χ4v) is 2.03. The number of halogens is 1. The summed E-state index contributed by atoms with van der Waals surface area (Å²) in [5.41, 5.74) is 8.10. The summed E-state index contributed by atoms with van der Waals surface area (Å²) in [5, 5.41) is 0. The van der Waals surface area contributed by atoms with E-state index in [0.29, 0.717) is 0 Å². The molecule has 0 saturated carbocycles. The molecular weight excluding hydrogens is 290 g/mol. The highest BCUT2D eigenvalue weighted by Gasteiger charge is 2.08. The summed E-state index contributed by atoms with van der Waals surface area (Å²) in [4.78, 5) is 8.70. The van der Waals surface area contributed by atoms with E-state index in [1.165, 1.54) is 0 Å². The van der Waals surface area contributed by atoms with E-state index in [4.69, 9.17) is 5.73 Å². The molecule has 3 nitrogen and oxygen atoms in total. The van der Waals surface area contributed by atoms with Gasteiger partial charge in [0.1, 0.15) is 5.82 Å². The maximum Gasteiger partial charge on any atom is 0.144 e. The highest BCUT2D eigenvalue weighted by Crippen LogP contribution is 2.21. The lowest BCUT2D eigenvalue weighted by Gasteiger charge is -2.09. The SMILES string of the molecule is CCCC(N)c1ncc(-c2ccc(Br)cc2)cn1. The van der Waals surface area contributed by atoms with Gasteiger partial charge in [-0.3, -0.25) is 0 Å². The van der Waals surface area contributed by atoms with Crippen LogP contribution in [0.4, 0.5) is 0 Å². The molecule has 0 bridgehead atoms. The van der Waals surface area contributed by atoms with Crippen LogP contribution in [0.5, 0.6) is 0 Å². The lowest BCUT2D eigenvalue weighted by molar-refractivity contribution is 0.602. The van der Waals surface area contributed by atoms with Crippen LogP contribution in [0, 0.1) is 0 Å². The number of nitrogens with two attached hydrogens (primary N) is 1. The van der Waals surface area contributed by atoms with Crippen molar-refractivity contribution >= 4 is 15.9 Å². The molecule has 2 aromatic rings. The van der Waals surface area contributed by atoms with E-state index in [0.717, 1.165) is 34.3 Å². The first-order chi connectivity index (χ1) is 8.70. The van der Waals surface area contributed by atoms with Gasteiger partial charge in [0, 0.05) is 22.4 Å². The van der Waals surface area contributed by atoms with E-state index in [1.807, 2.05) is 36.7 Å². The monoisotopic (exact) mass is 305 g/mol. The van der Waals surface area contributed by atoms with Crippen LogP contribution in [0.1, 0.15) is 31.6 Å². The van der Waals surface area contributed by atoms with Crippen LogP contribution in [0.25, 0.3) is 11.1 Å². The molecule has 0 aliphatic rings. The van der Waals surface area contributed by atoms with Crippen molar-refractivity contribution in [2.24, 2.45) is 5.73 Å². The van der Waals surface area contributed by atoms with Crippen LogP contribution < -0.4 is 5.73 Å². The highest BCUT2D eigenvalue weighted by molar-refractivity contribution is 9.10. The van der Waals surface area contributed by atoms with Crippen molar-refractivity contribution < 1.29 is 0 Å². The van der Waals surface area contributed by atoms with Gasteiger partial charge < -0.3 is 5.73 Å². The first-order valence-electron chi connectivity index (χ1n) is 6.04. The summed E-state index contributed by atoms with van der Waals surface area (Å²) < 4.78 is 1.06. The van der Waals surface area contributed by atoms with Crippen molar-refractivity contribution in [2.45, 2.75) is 25.8 Å². The maximum atomic E-state index is 5.98. The van der Waals surface area contributed by atoms with Gasteiger partial charge in [0.05, 0.1) is 6.04 Å². The minimum atomic E-state index is -0.0611. The molecule has 2 rings (SSSR count). The fourth-order valence-electron chi connectivity index (χ4n) is 1.76. The Hall–Kier alpha value is -1.26. The summed E-state index contributed by atoms with van der Waals surface area (Å²) >= 11 is 3.42. The Morgan fingerprint density at radius 3 is 2.28 bits per heavy atom. The van der Waals surface area contributed by atoms with Gasteiger partial charge in [-0.15, -0.1) is 0 Å². The molecule has 0 aliphatic heterocycles. The average Bonchev–Trinajstić information content (AvgIpc) is 2.40. The fraction of sp³-hybridized carbons (Fsp3) is 0.286. The number of benzene rings is 1. The Labute approximate surface area is 116 Å². The summed E-state index contributed by atoms with van der Waals surface area (Å²) in [6, 6.07) is 8.02. The zero-order chi connectivity index (χ0) is 13.0. The van der Waals surface area contributed by atoms with Gasteiger partial charge in [0.15, 0.2) is 0 Å². The number of hydrogen-bond donors (Lipinski definition) is 1. The van der Waals surface area contributed by atoms with E-state index < -0.39 is 0 Å². The third kappa shape index (κ3) is 3.15. The maximum absolute atomic E-state index is 5.98. The van der Waals surface area contributed by atoms with E-state index in [2.05, 4.69) is 32.8 Å². The van der Waals surface area contributed by atoms with Crippen molar-refractivity contribution in [3.8, 4) is 11.1 Å². The molecule has 4 heteroatoms. The minimum Gasteiger partial charge on any atom is -0.321 e. The molecule has 0 spiro atoms. The van der Waals surface area contributed by atoms with Gasteiger partial charge in [0.25, 0.3) is 0 Å². The summed E-state index contributed by atoms with van der Waals surface area (Å²) in [5.74, 6) is 0.720. The molecular formula is C14H16BrN3. The molecule has 1 aromatic carbocycles. The van der Waals surface area contributed by atoms with E-state index >= 15 is 0 Å². The van der Waals surface area contributed by atoms with Crippen molar-refractivity contribution in [3.63, 3.8) is 0 Å². The van der Waals surface area contributed by atoms with Gasteiger partial charge in [0.2, 0.25) is 0 Å². The molecule has 0 fully saturated rings. The molecule has 1 aromatic heterocycles. The molecule has 2 N–H and O–H groups in total. The first-order valence-corrected chi connectivity index (χ1v) is 6.83. The van der Waals surface area contributed by atoms with Gasteiger partial charge in [-0.1, -0.05) is 41.4 Å². The number of rotatable bonds is 4. The summed E-state index contributed by atoms with van der Waals surface area (Å²) in [7, 11) is 0. The van der Waals surface area contributed by atoms with Gasteiger partial charge in [-0.2, -0.15) is 0 Å². The van der Waals surface area contributed by atoms with E-state index in [1.54, 1.807) is 0 Å². The average molecular weight is 306 g/mol. The quantitative estimate of drug-likeness (QED) is 0.937. The van der Waals surface area contributed by atoms with E-state index in [9.17, 15) is 0 Å². The summed E-state index contributed by atoms with van der Waals surface area (Å²) in [6.45, 7) is 2.11. The Kier molecular flexibility index (Phi) is 4.44.